The molecular formula is C28H31N4OY-. The third-order valence-corrected chi connectivity index (χ3v) is 6.59. The molecular weight excluding hydrogens is 497 g/mol. The molecule has 0 saturated heterocycles. The number of nitrogens with one attached hydrogen (secondary N) is 2. The van der Waals surface area contributed by atoms with E-state index in [0.29, 0.717) is 22.8 Å². The summed E-state index contributed by atoms with van der Waals surface area (Å²) in [7, 11) is 0. The molecule has 0 spiro atoms. The van der Waals surface area contributed by atoms with E-state index in [1.807, 2.05) is 6.07 Å². The number of rotatable bonds is 5. The van der Waals surface area contributed by atoms with Crippen LogP contribution >= 0.6 is 0 Å². The van der Waals surface area contributed by atoms with Crippen molar-refractivity contribution in [3.8, 4) is 11.8 Å². The maximum atomic E-state index is 11.8. The van der Waals surface area contributed by atoms with E-state index in [9.17, 15) is 4.79 Å². The van der Waals surface area contributed by atoms with Crippen LogP contribution in [0.25, 0.3) is 10.9 Å². The minimum Gasteiger partial charge on any atom is -0.380 e. The molecule has 1 fully saturated rings. The topological polar surface area (TPSA) is 66.9 Å². The van der Waals surface area contributed by atoms with Crippen LogP contribution in [0.1, 0.15) is 70.3 Å². The van der Waals surface area contributed by atoms with Crippen molar-refractivity contribution in [3.05, 3.63) is 54.4 Å². The Labute approximate surface area is 227 Å². The molecule has 5 nitrogen and oxygen atoms in total. The van der Waals surface area contributed by atoms with E-state index in [-0.39, 0.29) is 38.6 Å². The summed E-state index contributed by atoms with van der Waals surface area (Å²) in [5.41, 5.74) is 3.65. The summed E-state index contributed by atoms with van der Waals surface area (Å²) >= 11 is 0. The molecule has 0 aliphatic heterocycles. The second-order valence-electron chi connectivity index (χ2n) is 8.82. The van der Waals surface area contributed by atoms with Crippen LogP contribution in [0.5, 0.6) is 0 Å². The zero-order valence-corrected chi connectivity index (χ0v) is 22.9. The van der Waals surface area contributed by atoms with Crippen LogP contribution < -0.4 is 10.6 Å². The van der Waals surface area contributed by atoms with E-state index >= 15 is 0 Å². The number of hydrogen-bond donors (Lipinski definition) is 2. The summed E-state index contributed by atoms with van der Waals surface area (Å²) in [6.45, 7) is 4.00. The van der Waals surface area contributed by atoms with Gasteiger partial charge in [-0.15, -0.1) is 18.2 Å². The number of anilines is 3. The second kappa shape index (κ2) is 13.0. The Bertz CT molecular complexity index is 1160. The average molecular weight is 528 g/mol. The Kier molecular flexibility index (Phi) is 10.0. The van der Waals surface area contributed by atoms with Gasteiger partial charge in [0.05, 0.1) is 12.1 Å². The molecule has 1 aromatic heterocycles. The first-order chi connectivity index (χ1) is 16.1. The van der Waals surface area contributed by atoms with Gasteiger partial charge in [0.1, 0.15) is 0 Å². The fourth-order valence-corrected chi connectivity index (χ4v) is 4.69. The summed E-state index contributed by atoms with van der Waals surface area (Å²) in [5, 5.41) is 6.84. The predicted molar refractivity (Wildman–Crippen MR) is 134 cm³/mol. The van der Waals surface area contributed by atoms with Crippen LogP contribution in [-0.2, 0) is 37.5 Å². The fourth-order valence-electron chi connectivity index (χ4n) is 4.69. The Hall–Kier alpha value is -2.29. The van der Waals surface area contributed by atoms with Crippen molar-refractivity contribution in [2.75, 3.05) is 10.6 Å². The van der Waals surface area contributed by atoms with Crippen LogP contribution in [0.4, 0.5) is 17.2 Å². The largest absolute Gasteiger partial charge is 0.380 e. The molecule has 1 aliphatic carbocycles. The summed E-state index contributed by atoms with van der Waals surface area (Å²) in [6, 6.07) is 15.5. The molecule has 1 saturated carbocycles. The van der Waals surface area contributed by atoms with E-state index in [4.69, 9.17) is 0 Å². The molecule has 1 heterocycles. The van der Waals surface area contributed by atoms with Crippen LogP contribution in [0.2, 0.25) is 0 Å². The van der Waals surface area contributed by atoms with Crippen molar-refractivity contribution in [3.63, 3.8) is 0 Å². The number of aromatic nitrogens is 2. The zero-order valence-electron chi connectivity index (χ0n) is 20.0. The summed E-state index contributed by atoms with van der Waals surface area (Å²) in [5.74, 6) is 6.70. The molecule has 1 atom stereocenters. The minimum absolute atomic E-state index is 0. The summed E-state index contributed by atoms with van der Waals surface area (Å²) in [4.78, 5) is 20.5. The van der Waals surface area contributed by atoms with Gasteiger partial charge in [-0.25, -0.2) is 0 Å². The van der Waals surface area contributed by atoms with Crippen molar-refractivity contribution in [1.82, 2.24) is 9.97 Å². The fraction of sp³-hybridized carbons (Fsp3) is 0.393. The summed E-state index contributed by atoms with van der Waals surface area (Å²) < 4.78 is 0. The number of benzene rings is 2. The van der Waals surface area contributed by atoms with Gasteiger partial charge in [0, 0.05) is 38.4 Å². The number of carbonyl (C=O) groups is 1. The molecule has 4 rings (SSSR count). The molecule has 34 heavy (non-hydrogen) atoms. The smallest absolute Gasteiger partial charge is 0.298 e. The molecule has 0 bridgehead atoms. The third kappa shape index (κ3) is 6.87. The van der Waals surface area contributed by atoms with E-state index in [2.05, 4.69) is 69.7 Å². The van der Waals surface area contributed by atoms with E-state index in [1.165, 1.54) is 56.8 Å². The Morgan fingerprint density at radius 1 is 1.03 bits per heavy atom. The van der Waals surface area contributed by atoms with Gasteiger partial charge in [-0.1, -0.05) is 62.5 Å². The standard InChI is InChI=1S/C28H31N4O.Y/c1-3-9-27(33)31-24-16-17-26-25(18-24)28(30-19-29-26)32-23-14-12-22(13-15-23)20(2)21-10-7-5-4-6-8-11-21;/h12-17,19-21H,4-8,10-11H2,1-2H3,(H,31,33)(H,29,30,32);/q-1;. The number of fused-ring (bicyclic) bond motifs is 1. The minimum atomic E-state index is -0.367. The van der Waals surface area contributed by atoms with Gasteiger partial charge in [0.25, 0.3) is 5.91 Å². The zero-order chi connectivity index (χ0) is 23.0. The number of hydrogen-bond acceptors (Lipinski definition) is 4. The van der Waals surface area contributed by atoms with Crippen LogP contribution in [0.3, 0.4) is 0 Å². The van der Waals surface area contributed by atoms with Crippen molar-refractivity contribution in [2.45, 2.75) is 64.7 Å². The van der Waals surface area contributed by atoms with Gasteiger partial charge >= 0.3 is 0 Å². The van der Waals surface area contributed by atoms with E-state index < -0.39 is 0 Å². The van der Waals surface area contributed by atoms with Crippen molar-refractivity contribution >= 4 is 34.0 Å². The molecule has 1 unspecified atom stereocenters. The van der Waals surface area contributed by atoms with Crippen molar-refractivity contribution in [2.24, 2.45) is 5.92 Å². The van der Waals surface area contributed by atoms with E-state index in [0.717, 1.165) is 17.1 Å². The van der Waals surface area contributed by atoms with Gasteiger partial charge in [-0.2, -0.15) is 0 Å². The first kappa shape index (κ1) is 26.3. The van der Waals surface area contributed by atoms with Gasteiger partial charge in [-0.05, 0) is 66.4 Å². The molecule has 1 aliphatic rings. The SMILES string of the molecule is CC#CC(=O)Nc1[c-]c2c(Nc3ccc(C(C)C4CCCCCCC4)cc3)ncnc2cc1.[Y]. The molecule has 6 heteroatoms. The normalized spacial score (nSPS) is 15.1. The average Bonchev–Trinajstić information content (AvgIpc) is 2.79. The molecule has 1 amide bonds. The number of nitrogens with zero attached hydrogens (tertiary/aromatic N) is 2. The van der Waals surface area contributed by atoms with Gasteiger partial charge in [0.15, 0.2) is 0 Å². The number of amides is 1. The van der Waals surface area contributed by atoms with Crippen LogP contribution in [0, 0.1) is 23.8 Å². The maximum absolute atomic E-state index is 11.8. The van der Waals surface area contributed by atoms with Crippen molar-refractivity contribution < 1.29 is 37.5 Å². The molecule has 2 aromatic carbocycles. The monoisotopic (exact) mass is 528 g/mol. The summed E-state index contributed by atoms with van der Waals surface area (Å²) in [6.07, 6.45) is 11.1. The number of carbonyl (C=O) groups excluding carboxylic acids is 1. The van der Waals surface area contributed by atoms with Gasteiger partial charge < -0.3 is 10.6 Å². The van der Waals surface area contributed by atoms with Crippen molar-refractivity contribution in [1.29, 1.82) is 0 Å². The Morgan fingerprint density at radius 2 is 1.74 bits per heavy atom. The molecule has 173 valence electrons. The first-order valence-corrected chi connectivity index (χ1v) is 11.9. The molecule has 2 N–H and O–H groups in total. The Morgan fingerprint density at radius 3 is 2.44 bits per heavy atom. The van der Waals surface area contributed by atoms with Crippen LogP contribution in [0.15, 0.2) is 42.7 Å². The molecule has 1 radical (unpaired) electrons. The third-order valence-electron chi connectivity index (χ3n) is 6.59. The molecule has 3 aromatic rings. The second-order valence-corrected chi connectivity index (χ2v) is 8.82. The predicted octanol–water partition coefficient (Wildman–Crippen LogP) is 6.60. The van der Waals surface area contributed by atoms with E-state index in [1.54, 1.807) is 13.0 Å². The van der Waals surface area contributed by atoms with Gasteiger partial charge in [0.2, 0.25) is 0 Å². The Balaban J connectivity index is 0.00000324. The first-order valence-electron chi connectivity index (χ1n) is 11.9. The van der Waals surface area contributed by atoms with Crippen LogP contribution in [-0.4, -0.2) is 15.9 Å². The quantitative estimate of drug-likeness (QED) is 0.289. The maximum Gasteiger partial charge on any atom is 0.298 e. The van der Waals surface area contributed by atoms with Gasteiger partial charge in [-0.3, -0.25) is 14.8 Å².